The van der Waals surface area contributed by atoms with E-state index in [4.69, 9.17) is 37.9 Å². The number of allylic oxidation sites excluding steroid dienone is 2. The van der Waals surface area contributed by atoms with E-state index >= 15 is 9.18 Å². The van der Waals surface area contributed by atoms with Crippen LogP contribution in [0.5, 0.6) is 0 Å². The number of Topliss-reactive ketones (excluding diaryl/α,β-unsaturated/α-hetero) is 1. The van der Waals surface area contributed by atoms with Gasteiger partial charge in [-0.25, -0.2) is 8.78 Å². The summed E-state index contributed by atoms with van der Waals surface area (Å²) in [7, 11) is 9.00. The fourth-order valence-corrected chi connectivity index (χ4v) is 12.7. The number of esters is 1. The Kier molecular flexibility index (Phi) is 13.7. The summed E-state index contributed by atoms with van der Waals surface area (Å²) in [6, 6.07) is 3.75. The van der Waals surface area contributed by atoms with Crippen LogP contribution >= 0.6 is 0 Å². The lowest BCUT2D eigenvalue weighted by atomic mass is 9.66. The predicted octanol–water partition coefficient (Wildman–Crippen LogP) is 6.47. The Morgan fingerprint density at radius 3 is 2.26 bits per heavy atom. The number of hydrogen-bond donors (Lipinski definition) is 0. The van der Waals surface area contributed by atoms with E-state index in [9.17, 15) is 9.18 Å². The first-order valence-corrected chi connectivity index (χ1v) is 22.8. The highest BCUT2D eigenvalue weighted by molar-refractivity contribution is 5.99. The first-order chi connectivity index (χ1) is 29.3. The zero-order valence-corrected chi connectivity index (χ0v) is 37.4. The number of methoxy groups -OCH3 is 3. The smallest absolute Gasteiger partial charge is 0.306 e. The highest BCUT2D eigenvalue weighted by Crippen LogP contribution is 2.65. The van der Waals surface area contributed by atoms with Gasteiger partial charge in [0.1, 0.15) is 36.1 Å². The monoisotopic (exact) mass is 858 g/mol. The van der Waals surface area contributed by atoms with E-state index in [1.54, 1.807) is 21.3 Å². The number of anilines is 1. The number of nitrogens with zero attached hydrogens (tertiary/aromatic N) is 2. The molecule has 6 fully saturated rings. The first kappa shape index (κ1) is 45.0. The van der Waals surface area contributed by atoms with E-state index < -0.39 is 54.4 Å². The molecule has 61 heavy (non-hydrogen) atoms. The van der Waals surface area contributed by atoms with Crippen LogP contribution in [0.1, 0.15) is 85.5 Å². The minimum Gasteiger partial charge on any atom is -0.462 e. The molecule has 14 heteroatoms. The van der Waals surface area contributed by atoms with E-state index in [-0.39, 0.29) is 90.5 Å². The van der Waals surface area contributed by atoms with Crippen molar-refractivity contribution in [2.24, 2.45) is 35.5 Å². The fourth-order valence-electron chi connectivity index (χ4n) is 12.7. The highest BCUT2D eigenvalue weighted by atomic mass is 19.1. The van der Waals surface area contributed by atoms with Crippen molar-refractivity contribution < 1.29 is 56.3 Å². The van der Waals surface area contributed by atoms with Gasteiger partial charge in [-0.1, -0.05) is 19.9 Å². The van der Waals surface area contributed by atoms with Crippen LogP contribution in [0.15, 0.2) is 29.8 Å². The highest BCUT2D eigenvalue weighted by Gasteiger charge is 2.69. The Morgan fingerprint density at radius 1 is 0.852 bits per heavy atom. The summed E-state index contributed by atoms with van der Waals surface area (Å²) in [5, 5.41) is 0. The van der Waals surface area contributed by atoms with Crippen molar-refractivity contribution in [3.63, 3.8) is 0 Å². The standard InChI is InChI=1S/C47H68F2N2O10/c1-10-27-12-11-13-37(61-39-17-16-35(50(5)6)24(3)57-39)23(2)43(53)33-21-30-29-19-28(60-47-46(56-9)45(55-8)44(54-7)25(4)58-47)20-32(29)41-42(40(30)31(33)22-38(52)59-27)51(41)36-15-14-26(48)18-34(36)49/h14-15,18,21,23-25,27-32,35,37,39-42,44-47H,10-13,16-17,19-20,22H2,1-9H3/t23-,24?,25?,27+,28+,29+,30+,31-,32-,35+,37+,39+,40-,41+,42-,44+,45?,46+,47+,51?/m1/s1. The van der Waals surface area contributed by atoms with Crippen LogP contribution in [0.25, 0.3) is 0 Å². The lowest BCUT2D eigenvalue weighted by molar-refractivity contribution is -0.314. The Labute approximate surface area is 360 Å². The third-order valence-corrected chi connectivity index (χ3v) is 15.6. The Balaban J connectivity index is 1.12. The first-order valence-electron chi connectivity index (χ1n) is 22.8. The molecule has 1 aromatic carbocycles. The minimum atomic E-state index is -0.722. The van der Waals surface area contributed by atoms with Gasteiger partial charge in [-0.2, -0.15) is 0 Å². The van der Waals surface area contributed by atoms with Gasteiger partial charge >= 0.3 is 5.97 Å². The number of ketones is 1. The van der Waals surface area contributed by atoms with Gasteiger partial charge < -0.3 is 47.7 Å². The molecule has 3 aliphatic carbocycles. The van der Waals surface area contributed by atoms with Crippen molar-refractivity contribution in [1.29, 1.82) is 0 Å². The van der Waals surface area contributed by atoms with E-state index in [1.807, 2.05) is 20.8 Å². The minimum absolute atomic E-state index is 0.0234. The summed E-state index contributed by atoms with van der Waals surface area (Å²) in [6.07, 6.45) is 4.22. The Bertz CT molecular complexity index is 1770. The number of hydrogen-bond acceptors (Lipinski definition) is 12. The van der Waals surface area contributed by atoms with Crippen molar-refractivity contribution in [1.82, 2.24) is 4.90 Å². The number of fused-ring (bicyclic) bond motifs is 8. The summed E-state index contributed by atoms with van der Waals surface area (Å²) in [5.41, 5.74) is 0.971. The molecule has 340 valence electrons. The Hall–Kier alpha value is -2.56. The summed E-state index contributed by atoms with van der Waals surface area (Å²) < 4.78 is 80.2. The number of halogens is 2. The molecule has 8 rings (SSSR count). The SMILES string of the molecule is CC[C@H]1CCC[C@H](O[C@H]2CC[C@H](N(C)C)C(C)O2)[C@@H](C)C(=O)C2=C[C@H]3[C@@H]4C[C@H](O[C@@H]5OC(C)[C@H](OC)C(OC)[C@@H]5OC)C[C@H]4[C@H]4[C@@H]([C@H]3[C@@H]2CC(=O)O1)N4c1ccc(F)cc1F. The molecule has 1 aromatic rings. The fraction of sp³-hybridized carbons (Fsp3) is 0.787. The van der Waals surface area contributed by atoms with Gasteiger partial charge in [0, 0.05) is 45.3 Å². The van der Waals surface area contributed by atoms with Crippen molar-refractivity contribution in [3.05, 3.63) is 41.5 Å². The molecule has 4 heterocycles. The maximum absolute atomic E-state index is 15.8. The molecule has 4 aliphatic heterocycles. The van der Waals surface area contributed by atoms with Gasteiger partial charge in [-0.05, 0) is 121 Å². The van der Waals surface area contributed by atoms with E-state index in [0.717, 1.165) is 25.3 Å². The maximum Gasteiger partial charge on any atom is 0.306 e. The largest absolute Gasteiger partial charge is 0.462 e. The van der Waals surface area contributed by atoms with Gasteiger partial charge in [0.25, 0.3) is 0 Å². The van der Waals surface area contributed by atoms with Crippen molar-refractivity contribution in [2.45, 2.75) is 165 Å². The summed E-state index contributed by atoms with van der Waals surface area (Å²) in [6.45, 7) is 8.00. The number of rotatable bonds is 10. The van der Waals surface area contributed by atoms with Crippen LogP contribution in [0.2, 0.25) is 0 Å². The molecule has 19 atom stereocenters. The molecule has 0 N–H and O–H groups in total. The number of likely N-dealkylation sites (N-methyl/N-ethyl adjacent to an activating group) is 1. The molecule has 7 aliphatic rings. The van der Waals surface area contributed by atoms with Gasteiger partial charge in [0.05, 0.1) is 48.6 Å². The van der Waals surface area contributed by atoms with Gasteiger partial charge in [-0.15, -0.1) is 0 Å². The average molecular weight is 859 g/mol. The van der Waals surface area contributed by atoms with Crippen molar-refractivity contribution in [3.8, 4) is 0 Å². The quantitative estimate of drug-likeness (QED) is 0.190. The molecule has 2 saturated carbocycles. The van der Waals surface area contributed by atoms with Gasteiger partial charge in [0.2, 0.25) is 0 Å². The van der Waals surface area contributed by atoms with Gasteiger partial charge in [-0.3, -0.25) is 9.59 Å². The number of benzene rings is 1. The van der Waals surface area contributed by atoms with E-state index in [0.29, 0.717) is 43.4 Å². The molecule has 0 amide bonds. The molecule has 3 unspecified atom stereocenters. The third-order valence-electron chi connectivity index (χ3n) is 15.6. The molecule has 4 saturated heterocycles. The van der Waals surface area contributed by atoms with Crippen molar-refractivity contribution in [2.75, 3.05) is 40.3 Å². The van der Waals surface area contributed by atoms with Crippen LogP contribution in [0.4, 0.5) is 14.5 Å². The second kappa shape index (κ2) is 18.5. The summed E-state index contributed by atoms with van der Waals surface area (Å²) in [5.74, 6) is -2.71. The molecular weight excluding hydrogens is 791 g/mol. The van der Waals surface area contributed by atoms with Crippen LogP contribution in [0.3, 0.4) is 0 Å². The number of carbonyl (C=O) groups is 2. The maximum atomic E-state index is 15.8. The average Bonchev–Trinajstić information content (AvgIpc) is 3.60. The number of carbonyl (C=O) groups excluding carboxylic acids is 2. The molecule has 0 radical (unpaired) electrons. The zero-order chi connectivity index (χ0) is 43.4. The zero-order valence-electron chi connectivity index (χ0n) is 37.4. The topological polar surface area (TPSA) is 114 Å². The predicted molar refractivity (Wildman–Crippen MR) is 222 cm³/mol. The second-order valence-electron chi connectivity index (χ2n) is 19.1. The van der Waals surface area contributed by atoms with Crippen molar-refractivity contribution >= 4 is 17.4 Å². The third kappa shape index (κ3) is 8.58. The summed E-state index contributed by atoms with van der Waals surface area (Å²) in [4.78, 5) is 33.4. The lowest BCUT2D eigenvalue weighted by Crippen LogP contribution is -2.59. The van der Waals surface area contributed by atoms with Crippen LogP contribution in [0, 0.1) is 47.1 Å². The van der Waals surface area contributed by atoms with Crippen LogP contribution < -0.4 is 4.90 Å². The van der Waals surface area contributed by atoms with Crippen LogP contribution in [-0.4, -0.2) is 132 Å². The molecule has 0 spiro atoms. The lowest BCUT2D eigenvalue weighted by Gasteiger charge is -2.44. The molecule has 0 aromatic heterocycles. The molecular formula is C47H68F2N2O10. The summed E-state index contributed by atoms with van der Waals surface area (Å²) >= 11 is 0. The Morgan fingerprint density at radius 2 is 1.59 bits per heavy atom. The van der Waals surface area contributed by atoms with Crippen LogP contribution in [-0.2, 0) is 47.5 Å². The van der Waals surface area contributed by atoms with E-state index in [2.05, 4.69) is 36.9 Å². The molecule has 12 nitrogen and oxygen atoms in total. The number of cyclic esters (lactones) is 1. The number of ether oxygens (including phenoxy) is 8. The van der Waals surface area contributed by atoms with E-state index in [1.165, 1.54) is 12.1 Å². The van der Waals surface area contributed by atoms with Gasteiger partial charge in [0.15, 0.2) is 18.4 Å². The molecule has 0 bridgehead atoms. The normalized spacial score (nSPS) is 44.0. The second-order valence-corrected chi connectivity index (χ2v) is 19.1.